The maximum Gasteiger partial charge on any atom is 0.333 e. The molecule has 4 rings (SSSR count). The first-order chi connectivity index (χ1) is 14.1. The monoisotopic (exact) mass is 385 g/mol. The maximum absolute atomic E-state index is 11.6. The van der Waals surface area contributed by atoms with E-state index < -0.39 is 5.97 Å². The maximum atomic E-state index is 11.6. The number of carbonyl (C=O) groups excluding carboxylic acids is 2. The molecule has 0 aliphatic carbocycles. The number of hydrogen-bond donors (Lipinski definition) is 0. The SMILES string of the molecule is C=C(C)C(=O)OCCc1ccc(C=O)c(-n2nc3ccc4ccccc4c3n2)c1. The molecule has 4 aromatic rings. The van der Waals surface area contributed by atoms with Crippen molar-refractivity contribution >= 4 is 34.1 Å². The van der Waals surface area contributed by atoms with Crippen LogP contribution in [0, 0.1) is 0 Å². The number of nitrogens with zero attached hydrogens (tertiary/aromatic N) is 3. The van der Waals surface area contributed by atoms with Gasteiger partial charge in [-0.1, -0.05) is 43.0 Å². The second-order valence-corrected chi connectivity index (χ2v) is 6.82. The van der Waals surface area contributed by atoms with Gasteiger partial charge in [-0.15, -0.1) is 15.0 Å². The lowest BCUT2D eigenvalue weighted by atomic mass is 10.1. The number of esters is 1. The summed E-state index contributed by atoms with van der Waals surface area (Å²) in [6.07, 6.45) is 1.29. The van der Waals surface area contributed by atoms with Crippen LogP contribution in [0.5, 0.6) is 0 Å². The van der Waals surface area contributed by atoms with E-state index in [2.05, 4.69) is 16.8 Å². The first kappa shape index (κ1) is 18.6. The van der Waals surface area contributed by atoms with Crippen LogP contribution in [0.1, 0.15) is 22.8 Å². The fourth-order valence-corrected chi connectivity index (χ4v) is 3.16. The second-order valence-electron chi connectivity index (χ2n) is 6.82. The van der Waals surface area contributed by atoms with Crippen LogP contribution in [-0.2, 0) is 16.0 Å². The van der Waals surface area contributed by atoms with Crippen molar-refractivity contribution in [1.82, 2.24) is 15.0 Å². The van der Waals surface area contributed by atoms with Gasteiger partial charge in [-0.05, 0) is 36.1 Å². The quantitative estimate of drug-likeness (QED) is 0.284. The number of aldehydes is 1. The lowest BCUT2D eigenvalue weighted by Gasteiger charge is -2.08. The molecule has 0 radical (unpaired) electrons. The molecule has 0 N–H and O–H groups in total. The Morgan fingerprint density at radius 1 is 1.14 bits per heavy atom. The van der Waals surface area contributed by atoms with Gasteiger partial charge in [-0.3, -0.25) is 4.79 Å². The molecule has 6 nitrogen and oxygen atoms in total. The van der Waals surface area contributed by atoms with Gasteiger partial charge in [0.15, 0.2) is 6.29 Å². The average Bonchev–Trinajstić information content (AvgIpc) is 3.18. The van der Waals surface area contributed by atoms with Crippen molar-refractivity contribution in [2.45, 2.75) is 13.3 Å². The summed E-state index contributed by atoms with van der Waals surface area (Å²) in [6, 6.07) is 17.3. The lowest BCUT2D eigenvalue weighted by molar-refractivity contribution is -0.138. The Hall–Kier alpha value is -3.80. The largest absolute Gasteiger partial charge is 0.462 e. The molecule has 0 atom stereocenters. The number of benzene rings is 3. The van der Waals surface area contributed by atoms with Crippen molar-refractivity contribution in [3.8, 4) is 5.69 Å². The van der Waals surface area contributed by atoms with Gasteiger partial charge < -0.3 is 4.74 Å². The second kappa shape index (κ2) is 7.67. The fourth-order valence-electron chi connectivity index (χ4n) is 3.16. The first-order valence-electron chi connectivity index (χ1n) is 9.23. The minimum absolute atomic E-state index is 0.227. The number of aromatic nitrogens is 3. The molecule has 3 aromatic carbocycles. The van der Waals surface area contributed by atoms with E-state index in [0.717, 1.165) is 33.7 Å². The van der Waals surface area contributed by atoms with Crippen LogP contribution in [-0.4, -0.2) is 33.9 Å². The smallest absolute Gasteiger partial charge is 0.333 e. The van der Waals surface area contributed by atoms with E-state index in [-0.39, 0.29) is 6.61 Å². The molecule has 0 fully saturated rings. The van der Waals surface area contributed by atoms with E-state index in [9.17, 15) is 9.59 Å². The van der Waals surface area contributed by atoms with E-state index in [1.165, 1.54) is 4.80 Å². The third-order valence-electron chi connectivity index (χ3n) is 4.69. The Balaban J connectivity index is 1.70. The van der Waals surface area contributed by atoms with Crippen LogP contribution < -0.4 is 0 Å². The minimum atomic E-state index is -0.415. The van der Waals surface area contributed by atoms with Crippen molar-refractivity contribution in [2.24, 2.45) is 0 Å². The number of rotatable bonds is 6. The Bertz CT molecular complexity index is 1260. The molecule has 6 heteroatoms. The molecule has 144 valence electrons. The summed E-state index contributed by atoms with van der Waals surface area (Å²) >= 11 is 0. The molecule has 1 heterocycles. The number of ether oxygens (including phenoxy) is 1. The molecule has 0 saturated heterocycles. The molecule has 0 aliphatic heterocycles. The van der Waals surface area contributed by atoms with E-state index in [0.29, 0.717) is 23.2 Å². The highest BCUT2D eigenvalue weighted by Crippen LogP contribution is 2.24. The van der Waals surface area contributed by atoms with Gasteiger partial charge in [0, 0.05) is 22.9 Å². The predicted molar refractivity (Wildman–Crippen MR) is 111 cm³/mol. The Morgan fingerprint density at radius 3 is 2.76 bits per heavy atom. The van der Waals surface area contributed by atoms with Crippen LogP contribution in [0.2, 0.25) is 0 Å². The molecular formula is C23H19N3O3. The lowest BCUT2D eigenvalue weighted by Crippen LogP contribution is -2.09. The zero-order valence-corrected chi connectivity index (χ0v) is 16.0. The number of fused-ring (bicyclic) bond motifs is 3. The molecule has 0 unspecified atom stereocenters. The standard InChI is InChI=1S/C23H19N3O3/c1-15(2)23(28)29-12-11-16-7-8-18(14-27)21(13-16)26-24-20-10-9-17-5-3-4-6-19(17)22(20)25-26/h3-10,13-14H,1,11-12H2,2H3. The van der Waals surface area contributed by atoms with Gasteiger partial charge in [-0.2, -0.15) is 0 Å². The van der Waals surface area contributed by atoms with Gasteiger partial charge in [0.2, 0.25) is 0 Å². The average molecular weight is 385 g/mol. The zero-order chi connectivity index (χ0) is 20.4. The van der Waals surface area contributed by atoms with Gasteiger partial charge in [-0.25, -0.2) is 4.79 Å². The molecule has 0 aliphatic rings. The summed E-state index contributed by atoms with van der Waals surface area (Å²) in [7, 11) is 0. The van der Waals surface area contributed by atoms with Crippen molar-refractivity contribution in [2.75, 3.05) is 6.61 Å². The highest BCUT2D eigenvalue weighted by atomic mass is 16.5. The van der Waals surface area contributed by atoms with Crippen LogP contribution in [0.4, 0.5) is 0 Å². The van der Waals surface area contributed by atoms with Gasteiger partial charge in [0.05, 0.1) is 12.3 Å². The Morgan fingerprint density at radius 2 is 1.97 bits per heavy atom. The van der Waals surface area contributed by atoms with Crippen molar-refractivity contribution in [3.05, 3.63) is 77.9 Å². The molecular weight excluding hydrogens is 366 g/mol. The van der Waals surface area contributed by atoms with Crippen molar-refractivity contribution < 1.29 is 14.3 Å². The summed E-state index contributed by atoms with van der Waals surface area (Å²) in [5, 5.41) is 11.3. The third-order valence-corrected chi connectivity index (χ3v) is 4.69. The summed E-state index contributed by atoms with van der Waals surface area (Å²) in [4.78, 5) is 24.6. The molecule has 0 spiro atoms. The summed E-state index contributed by atoms with van der Waals surface area (Å²) in [5.74, 6) is -0.415. The van der Waals surface area contributed by atoms with Gasteiger partial charge >= 0.3 is 5.97 Å². The molecule has 1 aromatic heterocycles. The normalized spacial score (nSPS) is 10.9. The van der Waals surface area contributed by atoms with E-state index in [4.69, 9.17) is 4.74 Å². The highest BCUT2D eigenvalue weighted by molar-refractivity contribution is 6.03. The zero-order valence-electron chi connectivity index (χ0n) is 16.0. The summed E-state index contributed by atoms with van der Waals surface area (Å²) in [6.45, 7) is 5.40. The third kappa shape index (κ3) is 3.65. The van der Waals surface area contributed by atoms with E-state index in [1.807, 2.05) is 48.5 Å². The first-order valence-corrected chi connectivity index (χ1v) is 9.23. The highest BCUT2D eigenvalue weighted by Gasteiger charge is 2.12. The van der Waals surface area contributed by atoms with Crippen LogP contribution in [0.15, 0.2) is 66.7 Å². The fraction of sp³-hybridized carbons (Fsp3) is 0.130. The molecule has 0 saturated carbocycles. The van der Waals surface area contributed by atoms with Gasteiger partial charge in [0.1, 0.15) is 11.0 Å². The Kier molecular flexibility index (Phi) is 4.91. The van der Waals surface area contributed by atoms with Crippen LogP contribution >= 0.6 is 0 Å². The molecule has 0 bridgehead atoms. The molecule has 0 amide bonds. The molecule has 29 heavy (non-hydrogen) atoms. The Labute approximate surface area is 167 Å². The van der Waals surface area contributed by atoms with E-state index in [1.54, 1.807) is 13.0 Å². The van der Waals surface area contributed by atoms with Crippen LogP contribution in [0.25, 0.3) is 27.5 Å². The van der Waals surface area contributed by atoms with Crippen molar-refractivity contribution in [1.29, 1.82) is 0 Å². The summed E-state index contributed by atoms with van der Waals surface area (Å²) < 4.78 is 5.16. The van der Waals surface area contributed by atoms with Gasteiger partial charge in [0.25, 0.3) is 0 Å². The van der Waals surface area contributed by atoms with Crippen LogP contribution in [0.3, 0.4) is 0 Å². The number of hydrogen-bond acceptors (Lipinski definition) is 5. The number of carbonyl (C=O) groups is 2. The van der Waals surface area contributed by atoms with E-state index >= 15 is 0 Å². The van der Waals surface area contributed by atoms with Crippen molar-refractivity contribution in [3.63, 3.8) is 0 Å². The topological polar surface area (TPSA) is 74.1 Å². The predicted octanol–water partition coefficient (Wildman–Crippen LogP) is 4.05. The summed E-state index contributed by atoms with van der Waals surface area (Å²) in [5.41, 5.74) is 3.87. The minimum Gasteiger partial charge on any atom is -0.462 e.